The lowest BCUT2D eigenvalue weighted by Crippen LogP contribution is -2.39. The number of aromatic nitrogens is 3. The molecule has 2 aromatic rings. The summed E-state index contributed by atoms with van der Waals surface area (Å²) < 4.78 is 5.47. The van der Waals surface area contributed by atoms with Crippen LogP contribution in [-0.4, -0.2) is 39.0 Å². The van der Waals surface area contributed by atoms with Crippen LogP contribution in [0, 0.1) is 0 Å². The lowest BCUT2D eigenvalue weighted by molar-refractivity contribution is -0.132. The third-order valence-electron chi connectivity index (χ3n) is 4.31. The quantitative estimate of drug-likeness (QED) is 0.802. The van der Waals surface area contributed by atoms with Gasteiger partial charge < -0.3 is 9.42 Å². The summed E-state index contributed by atoms with van der Waals surface area (Å²) in [7, 11) is 0. The Hall–Kier alpha value is -1.76. The highest BCUT2D eigenvalue weighted by atomic mass is 32.1. The molecule has 1 saturated heterocycles. The maximum Gasteiger partial charge on any atom is 0.231 e. The van der Waals surface area contributed by atoms with Gasteiger partial charge in [0.25, 0.3) is 0 Å². The van der Waals surface area contributed by atoms with Crippen LogP contribution < -0.4 is 0 Å². The molecule has 1 aliphatic heterocycles. The van der Waals surface area contributed by atoms with E-state index >= 15 is 0 Å². The van der Waals surface area contributed by atoms with Crippen LogP contribution in [0.3, 0.4) is 0 Å². The fraction of sp³-hybridized carbons (Fsp3) is 0.647. The first-order valence-corrected chi connectivity index (χ1v) is 9.61. The van der Waals surface area contributed by atoms with E-state index in [0.29, 0.717) is 31.1 Å². The number of piperidine rings is 1. The highest BCUT2D eigenvalue weighted by Gasteiger charge is 2.28. The van der Waals surface area contributed by atoms with Gasteiger partial charge in [-0.25, -0.2) is 4.98 Å². The highest BCUT2D eigenvalue weighted by molar-refractivity contribution is 7.09. The number of nitrogens with zero attached hydrogens (tertiary/aromatic N) is 4. The molecule has 3 heterocycles. The first kappa shape index (κ1) is 17.1. The lowest BCUT2D eigenvalue weighted by atomic mass is 9.97. The maximum absolute atomic E-state index is 12.1. The van der Waals surface area contributed by atoms with Crippen LogP contribution in [0.1, 0.15) is 67.9 Å². The van der Waals surface area contributed by atoms with Crippen molar-refractivity contribution in [3.05, 3.63) is 27.8 Å². The number of likely N-dealkylation sites (tertiary alicyclic amines) is 1. The van der Waals surface area contributed by atoms with Crippen LogP contribution >= 0.6 is 11.3 Å². The Morgan fingerprint density at radius 3 is 3.04 bits per heavy atom. The molecule has 0 unspecified atom stereocenters. The molecule has 7 heteroatoms. The highest BCUT2D eigenvalue weighted by Crippen LogP contribution is 2.26. The Morgan fingerprint density at radius 2 is 2.29 bits per heavy atom. The van der Waals surface area contributed by atoms with Crippen molar-refractivity contribution in [2.75, 3.05) is 13.1 Å². The zero-order chi connectivity index (χ0) is 16.9. The number of carbonyl (C=O) groups is 1. The minimum atomic E-state index is 0.155. The third kappa shape index (κ3) is 4.01. The molecule has 1 fully saturated rings. The SMILES string of the molecule is CCCC(=O)N1CCC[C@@H](c2nc(Cc3csc(CC)n3)no2)C1. The minimum absolute atomic E-state index is 0.155. The van der Waals surface area contributed by atoms with Crippen LogP contribution in [-0.2, 0) is 17.6 Å². The van der Waals surface area contributed by atoms with Gasteiger partial charge in [0, 0.05) is 24.9 Å². The van der Waals surface area contributed by atoms with Gasteiger partial charge in [-0.1, -0.05) is 19.0 Å². The second-order valence-corrected chi connectivity index (χ2v) is 7.18. The third-order valence-corrected chi connectivity index (χ3v) is 5.35. The zero-order valence-corrected chi connectivity index (χ0v) is 15.1. The van der Waals surface area contributed by atoms with Gasteiger partial charge in [-0.05, 0) is 25.7 Å². The van der Waals surface area contributed by atoms with E-state index in [0.717, 1.165) is 42.9 Å². The number of hydrogen-bond acceptors (Lipinski definition) is 6. The topological polar surface area (TPSA) is 72.1 Å². The van der Waals surface area contributed by atoms with E-state index in [1.165, 1.54) is 0 Å². The van der Waals surface area contributed by atoms with Crippen molar-refractivity contribution in [2.24, 2.45) is 0 Å². The van der Waals surface area contributed by atoms with E-state index in [4.69, 9.17) is 4.52 Å². The molecule has 0 bridgehead atoms. The summed E-state index contributed by atoms with van der Waals surface area (Å²) in [5.41, 5.74) is 0.993. The van der Waals surface area contributed by atoms with Crippen molar-refractivity contribution in [3.63, 3.8) is 0 Å². The summed E-state index contributed by atoms with van der Waals surface area (Å²) in [5, 5.41) is 7.29. The van der Waals surface area contributed by atoms with Gasteiger partial charge in [-0.3, -0.25) is 4.79 Å². The lowest BCUT2D eigenvalue weighted by Gasteiger charge is -2.31. The number of aryl methyl sites for hydroxylation is 1. The Bertz CT molecular complexity index is 682. The molecule has 24 heavy (non-hydrogen) atoms. The molecule has 6 nitrogen and oxygen atoms in total. The van der Waals surface area contributed by atoms with Crippen molar-refractivity contribution in [1.82, 2.24) is 20.0 Å². The van der Waals surface area contributed by atoms with Crippen LogP contribution in [0.15, 0.2) is 9.90 Å². The van der Waals surface area contributed by atoms with Gasteiger partial charge in [0.15, 0.2) is 5.82 Å². The number of thiazole rings is 1. The molecular weight excluding hydrogens is 324 g/mol. The van der Waals surface area contributed by atoms with Gasteiger partial charge >= 0.3 is 0 Å². The molecular formula is C17H24N4O2S. The summed E-state index contributed by atoms with van der Waals surface area (Å²) in [4.78, 5) is 23.1. The van der Waals surface area contributed by atoms with E-state index < -0.39 is 0 Å². The summed E-state index contributed by atoms with van der Waals surface area (Å²) in [6, 6.07) is 0. The van der Waals surface area contributed by atoms with Crippen molar-refractivity contribution in [3.8, 4) is 0 Å². The van der Waals surface area contributed by atoms with E-state index in [1.54, 1.807) is 11.3 Å². The minimum Gasteiger partial charge on any atom is -0.342 e. The standard InChI is InChI=1S/C17H24N4O2S/c1-3-6-16(22)21-8-5-7-12(10-21)17-19-14(20-23-17)9-13-11-24-15(4-2)18-13/h11-12H,3-10H2,1-2H3/t12-/m1/s1. The van der Waals surface area contributed by atoms with Crippen molar-refractivity contribution in [1.29, 1.82) is 0 Å². The number of amides is 1. The van der Waals surface area contributed by atoms with Crippen molar-refractivity contribution < 1.29 is 9.32 Å². The molecule has 0 radical (unpaired) electrons. The second-order valence-electron chi connectivity index (χ2n) is 6.24. The Morgan fingerprint density at radius 1 is 1.42 bits per heavy atom. The Balaban J connectivity index is 1.63. The van der Waals surface area contributed by atoms with Gasteiger partial charge in [-0.2, -0.15) is 4.98 Å². The normalized spacial score (nSPS) is 18.1. The molecule has 1 amide bonds. The second kappa shape index (κ2) is 7.88. The number of hydrogen-bond donors (Lipinski definition) is 0. The predicted octanol–water partition coefficient (Wildman–Crippen LogP) is 3.19. The fourth-order valence-electron chi connectivity index (χ4n) is 3.04. The largest absolute Gasteiger partial charge is 0.342 e. The van der Waals surface area contributed by atoms with Gasteiger partial charge in [0.1, 0.15) is 0 Å². The summed E-state index contributed by atoms with van der Waals surface area (Å²) in [6.45, 7) is 5.67. The molecule has 0 saturated carbocycles. The molecule has 0 aromatic carbocycles. The van der Waals surface area contributed by atoms with E-state index in [9.17, 15) is 4.79 Å². The van der Waals surface area contributed by atoms with Crippen LogP contribution in [0.25, 0.3) is 0 Å². The molecule has 1 aliphatic rings. The Labute approximate surface area is 146 Å². The molecule has 0 aliphatic carbocycles. The molecule has 2 aromatic heterocycles. The first-order valence-electron chi connectivity index (χ1n) is 8.73. The van der Waals surface area contributed by atoms with Crippen LogP contribution in [0.5, 0.6) is 0 Å². The first-order chi connectivity index (χ1) is 11.7. The van der Waals surface area contributed by atoms with Crippen LogP contribution in [0.2, 0.25) is 0 Å². The number of rotatable bonds is 6. The van der Waals surface area contributed by atoms with E-state index in [2.05, 4.69) is 27.4 Å². The molecule has 3 rings (SSSR count). The van der Waals surface area contributed by atoms with Gasteiger partial charge in [0.2, 0.25) is 11.8 Å². The Kier molecular flexibility index (Phi) is 5.60. The van der Waals surface area contributed by atoms with Crippen LogP contribution in [0.4, 0.5) is 0 Å². The average molecular weight is 348 g/mol. The van der Waals surface area contributed by atoms with Crippen molar-refractivity contribution in [2.45, 2.75) is 58.3 Å². The fourth-order valence-corrected chi connectivity index (χ4v) is 3.78. The summed E-state index contributed by atoms with van der Waals surface area (Å²) in [5.74, 6) is 1.72. The molecule has 1 atom stereocenters. The maximum atomic E-state index is 12.1. The smallest absolute Gasteiger partial charge is 0.231 e. The zero-order valence-electron chi connectivity index (χ0n) is 14.3. The molecule has 0 spiro atoms. The average Bonchev–Trinajstić information content (AvgIpc) is 3.25. The molecule has 130 valence electrons. The van der Waals surface area contributed by atoms with Crippen molar-refractivity contribution >= 4 is 17.2 Å². The predicted molar refractivity (Wildman–Crippen MR) is 92.1 cm³/mol. The van der Waals surface area contributed by atoms with E-state index in [-0.39, 0.29) is 11.8 Å². The van der Waals surface area contributed by atoms with Gasteiger partial charge in [-0.15, -0.1) is 11.3 Å². The van der Waals surface area contributed by atoms with Gasteiger partial charge in [0.05, 0.1) is 23.0 Å². The summed E-state index contributed by atoms with van der Waals surface area (Å²) >= 11 is 1.67. The summed E-state index contributed by atoms with van der Waals surface area (Å²) in [6.07, 6.45) is 5.04. The monoisotopic (exact) mass is 348 g/mol. The molecule has 0 N–H and O–H groups in total. The number of carbonyl (C=O) groups excluding carboxylic acids is 1. The van der Waals surface area contributed by atoms with E-state index in [1.807, 2.05) is 11.8 Å².